The molecule has 0 unspecified atom stereocenters. The molecule has 2 heterocycles. The Kier molecular flexibility index (Phi) is 2.19. The van der Waals surface area contributed by atoms with Gasteiger partial charge in [0.05, 0.1) is 6.61 Å². The Hall–Kier alpha value is -1.09. The minimum Gasteiger partial charge on any atom is -0.359 e. The number of nitrogens with one attached hydrogen (secondary N) is 1. The van der Waals surface area contributed by atoms with Crippen molar-refractivity contribution in [1.82, 2.24) is 4.98 Å². The second kappa shape index (κ2) is 3.24. The van der Waals surface area contributed by atoms with Gasteiger partial charge in [-0.25, -0.2) is 0 Å². The highest BCUT2D eigenvalue weighted by Crippen LogP contribution is 2.30. The minimum atomic E-state index is 0.0809. The van der Waals surface area contributed by atoms with Crippen LogP contribution in [0.15, 0.2) is 18.5 Å². The normalized spacial score (nSPS) is 21.2. The lowest BCUT2D eigenvalue weighted by molar-refractivity contribution is -0.0158. The predicted molar refractivity (Wildman–Crippen MR) is 55.9 cm³/mol. The standard InChI is InChI=1S/C11H16N2O/c1-11(2,3)10-13-9-4-5-12-6-8(9)7-14-10/h4-6,10,13H,7H2,1-3H3/t10-/m1/s1. The molecule has 0 aromatic carbocycles. The highest BCUT2D eigenvalue weighted by Gasteiger charge is 2.28. The first-order valence-corrected chi connectivity index (χ1v) is 4.88. The van der Waals surface area contributed by atoms with Gasteiger partial charge in [0.15, 0.2) is 0 Å². The SMILES string of the molecule is CC(C)(C)[C@@H]1Nc2ccncc2CO1. The molecule has 14 heavy (non-hydrogen) atoms. The van der Waals surface area contributed by atoms with Crippen molar-refractivity contribution < 1.29 is 4.74 Å². The van der Waals surface area contributed by atoms with E-state index < -0.39 is 0 Å². The second-order valence-electron chi connectivity index (χ2n) is 4.73. The van der Waals surface area contributed by atoms with Crippen molar-refractivity contribution in [3.63, 3.8) is 0 Å². The average Bonchev–Trinajstić information content (AvgIpc) is 2.16. The number of rotatable bonds is 0. The van der Waals surface area contributed by atoms with Crippen molar-refractivity contribution in [2.24, 2.45) is 5.41 Å². The van der Waals surface area contributed by atoms with Crippen LogP contribution in [0.25, 0.3) is 0 Å². The van der Waals surface area contributed by atoms with Gasteiger partial charge in [-0.1, -0.05) is 20.8 Å². The second-order valence-corrected chi connectivity index (χ2v) is 4.73. The van der Waals surface area contributed by atoms with Gasteiger partial charge in [-0.2, -0.15) is 0 Å². The maximum absolute atomic E-state index is 5.72. The van der Waals surface area contributed by atoms with Gasteiger partial charge in [0.25, 0.3) is 0 Å². The summed E-state index contributed by atoms with van der Waals surface area (Å²) in [5.41, 5.74) is 2.39. The summed E-state index contributed by atoms with van der Waals surface area (Å²) in [4.78, 5) is 4.07. The van der Waals surface area contributed by atoms with Crippen LogP contribution in [-0.4, -0.2) is 11.2 Å². The number of nitrogens with zero attached hydrogens (tertiary/aromatic N) is 1. The molecule has 76 valence electrons. The van der Waals surface area contributed by atoms with Gasteiger partial charge in [0.2, 0.25) is 0 Å². The molecule has 0 radical (unpaired) electrons. The molecular weight excluding hydrogens is 176 g/mol. The average molecular weight is 192 g/mol. The Morgan fingerprint density at radius 2 is 2.29 bits per heavy atom. The Bertz CT molecular complexity index is 330. The van der Waals surface area contributed by atoms with Gasteiger partial charge >= 0.3 is 0 Å². The molecule has 3 nitrogen and oxygen atoms in total. The third-order valence-corrected chi connectivity index (χ3v) is 2.38. The topological polar surface area (TPSA) is 34.2 Å². The number of anilines is 1. The summed E-state index contributed by atoms with van der Waals surface area (Å²) in [6, 6.07) is 2.00. The van der Waals surface area contributed by atoms with Gasteiger partial charge in [0.1, 0.15) is 6.23 Å². The molecule has 1 aromatic heterocycles. The summed E-state index contributed by atoms with van der Waals surface area (Å²) in [5, 5.41) is 3.37. The van der Waals surface area contributed by atoms with Crippen LogP contribution in [-0.2, 0) is 11.3 Å². The lowest BCUT2D eigenvalue weighted by atomic mass is 9.93. The number of aromatic nitrogens is 1. The van der Waals surface area contributed by atoms with Crippen molar-refractivity contribution in [3.05, 3.63) is 24.0 Å². The fraction of sp³-hybridized carbons (Fsp3) is 0.545. The van der Waals surface area contributed by atoms with Gasteiger partial charge in [-0.05, 0) is 6.07 Å². The van der Waals surface area contributed by atoms with E-state index in [9.17, 15) is 0 Å². The first-order valence-electron chi connectivity index (χ1n) is 4.88. The predicted octanol–water partition coefficient (Wildman–Crippen LogP) is 2.40. The first kappa shape index (κ1) is 9.46. The van der Waals surface area contributed by atoms with Crippen molar-refractivity contribution in [3.8, 4) is 0 Å². The van der Waals surface area contributed by atoms with Crippen LogP contribution in [0.4, 0.5) is 5.69 Å². The number of pyridine rings is 1. The smallest absolute Gasteiger partial charge is 0.133 e. The molecule has 0 fully saturated rings. The van der Waals surface area contributed by atoms with E-state index in [1.54, 1.807) is 6.20 Å². The third kappa shape index (κ3) is 1.73. The maximum atomic E-state index is 5.72. The maximum Gasteiger partial charge on any atom is 0.133 e. The van der Waals surface area contributed by atoms with Crippen LogP contribution in [0, 0.1) is 5.41 Å². The highest BCUT2D eigenvalue weighted by molar-refractivity contribution is 5.51. The molecule has 2 rings (SSSR count). The summed E-state index contributed by atoms with van der Waals surface area (Å²) in [5.74, 6) is 0. The van der Waals surface area contributed by atoms with Crippen molar-refractivity contribution in [2.45, 2.75) is 33.6 Å². The van der Waals surface area contributed by atoms with Crippen LogP contribution >= 0.6 is 0 Å². The van der Waals surface area contributed by atoms with E-state index in [1.165, 1.54) is 0 Å². The summed E-state index contributed by atoms with van der Waals surface area (Å²) in [6.07, 6.45) is 3.73. The lowest BCUT2D eigenvalue weighted by Gasteiger charge is -2.35. The minimum absolute atomic E-state index is 0.0809. The van der Waals surface area contributed by atoms with Gasteiger partial charge in [-0.15, -0.1) is 0 Å². The Morgan fingerprint density at radius 3 is 3.00 bits per heavy atom. The van der Waals surface area contributed by atoms with Gasteiger partial charge in [0, 0.05) is 29.1 Å². The van der Waals surface area contributed by atoms with E-state index in [1.807, 2.05) is 12.3 Å². The van der Waals surface area contributed by atoms with Crippen molar-refractivity contribution >= 4 is 5.69 Å². The molecule has 0 bridgehead atoms. The molecule has 0 aliphatic carbocycles. The lowest BCUT2D eigenvalue weighted by Crippen LogP contribution is -2.39. The zero-order valence-electron chi connectivity index (χ0n) is 8.87. The summed E-state index contributed by atoms with van der Waals surface area (Å²) in [7, 11) is 0. The molecule has 1 N–H and O–H groups in total. The van der Waals surface area contributed by atoms with E-state index >= 15 is 0 Å². The van der Waals surface area contributed by atoms with E-state index in [4.69, 9.17) is 4.74 Å². The Balaban J connectivity index is 2.22. The Morgan fingerprint density at radius 1 is 1.50 bits per heavy atom. The van der Waals surface area contributed by atoms with Crippen LogP contribution < -0.4 is 5.32 Å². The number of fused-ring (bicyclic) bond motifs is 1. The van der Waals surface area contributed by atoms with Crippen LogP contribution in [0.2, 0.25) is 0 Å². The molecule has 3 heteroatoms. The van der Waals surface area contributed by atoms with E-state index in [0.717, 1.165) is 11.3 Å². The highest BCUT2D eigenvalue weighted by atomic mass is 16.5. The van der Waals surface area contributed by atoms with Crippen molar-refractivity contribution in [1.29, 1.82) is 0 Å². The quantitative estimate of drug-likeness (QED) is 0.685. The fourth-order valence-corrected chi connectivity index (χ4v) is 1.51. The van der Waals surface area contributed by atoms with Crippen LogP contribution in [0.1, 0.15) is 26.3 Å². The number of ether oxygens (including phenoxy) is 1. The summed E-state index contributed by atoms with van der Waals surface area (Å²) < 4.78 is 5.72. The molecule has 0 spiro atoms. The summed E-state index contributed by atoms with van der Waals surface area (Å²) in [6.45, 7) is 7.14. The Labute approximate surface area is 84.5 Å². The molecule has 0 amide bonds. The zero-order valence-corrected chi connectivity index (χ0v) is 8.87. The number of hydrogen-bond acceptors (Lipinski definition) is 3. The largest absolute Gasteiger partial charge is 0.359 e. The van der Waals surface area contributed by atoms with Crippen LogP contribution in [0.5, 0.6) is 0 Å². The summed E-state index contributed by atoms with van der Waals surface area (Å²) >= 11 is 0. The molecule has 0 saturated carbocycles. The molecule has 1 aliphatic heterocycles. The van der Waals surface area contributed by atoms with Crippen LogP contribution in [0.3, 0.4) is 0 Å². The monoisotopic (exact) mass is 192 g/mol. The fourth-order valence-electron chi connectivity index (χ4n) is 1.51. The number of hydrogen-bond donors (Lipinski definition) is 1. The molecule has 1 atom stereocenters. The molecular formula is C11H16N2O. The van der Waals surface area contributed by atoms with Gasteiger partial charge in [-0.3, -0.25) is 4.98 Å². The molecule has 0 saturated heterocycles. The zero-order chi connectivity index (χ0) is 10.2. The first-order chi connectivity index (χ1) is 6.57. The van der Waals surface area contributed by atoms with Gasteiger partial charge < -0.3 is 10.1 Å². The van der Waals surface area contributed by atoms with E-state index in [2.05, 4.69) is 31.1 Å². The van der Waals surface area contributed by atoms with Crippen molar-refractivity contribution in [2.75, 3.05) is 5.32 Å². The molecule has 1 aromatic rings. The van der Waals surface area contributed by atoms with E-state index in [-0.39, 0.29) is 11.6 Å². The molecule has 1 aliphatic rings. The van der Waals surface area contributed by atoms with E-state index in [0.29, 0.717) is 6.61 Å². The third-order valence-electron chi connectivity index (χ3n) is 2.38.